The molecule has 1 aliphatic rings. The molecule has 3 aromatic rings. The fraction of sp³-hybridized carbons (Fsp3) is 0.389. The van der Waals surface area contributed by atoms with Gasteiger partial charge in [0, 0.05) is 20.0 Å². The second-order valence-corrected chi connectivity index (χ2v) is 6.40. The molecule has 0 aliphatic carbocycles. The Kier molecular flexibility index (Phi) is 3.90. The maximum atomic E-state index is 5.65. The normalized spacial score (nSPS) is 18.5. The van der Waals surface area contributed by atoms with Crippen LogP contribution in [-0.4, -0.2) is 37.7 Å². The van der Waals surface area contributed by atoms with Gasteiger partial charge in [0.2, 0.25) is 0 Å². The molecule has 2 N–H and O–H groups in total. The summed E-state index contributed by atoms with van der Waals surface area (Å²) >= 11 is 0. The van der Waals surface area contributed by atoms with E-state index in [-0.39, 0.29) is 0 Å². The third-order valence-corrected chi connectivity index (χ3v) is 4.91. The number of fused-ring (bicyclic) bond motifs is 1. The lowest BCUT2D eigenvalue weighted by Crippen LogP contribution is -2.27. The summed E-state index contributed by atoms with van der Waals surface area (Å²) in [6.45, 7) is 2.08. The van der Waals surface area contributed by atoms with Crippen LogP contribution in [0.25, 0.3) is 11.0 Å². The number of para-hydroxylation sites is 2. The van der Waals surface area contributed by atoms with Crippen molar-refractivity contribution in [3.63, 3.8) is 0 Å². The zero-order valence-corrected chi connectivity index (χ0v) is 13.9. The number of hydrogen-bond donors (Lipinski definition) is 1. The average Bonchev–Trinajstić information content (AvgIpc) is 3.19. The molecule has 1 fully saturated rings. The summed E-state index contributed by atoms with van der Waals surface area (Å²) in [4.78, 5) is 7.26. The van der Waals surface area contributed by atoms with Gasteiger partial charge < -0.3 is 10.3 Å². The van der Waals surface area contributed by atoms with Crippen LogP contribution in [0, 0.1) is 0 Å². The zero-order valence-electron chi connectivity index (χ0n) is 13.9. The summed E-state index contributed by atoms with van der Waals surface area (Å²) in [7, 11) is 2.09. The zero-order chi connectivity index (χ0) is 16.5. The number of likely N-dealkylation sites (tertiary alicyclic amines) is 1. The Morgan fingerprint density at radius 3 is 2.83 bits per heavy atom. The van der Waals surface area contributed by atoms with E-state index in [4.69, 9.17) is 10.7 Å². The summed E-state index contributed by atoms with van der Waals surface area (Å²) < 4.78 is 2.20. The molecule has 24 heavy (non-hydrogen) atoms. The molecule has 4 rings (SSSR count). The van der Waals surface area contributed by atoms with Gasteiger partial charge in [0.05, 0.1) is 22.8 Å². The molecule has 1 aromatic carbocycles. The number of nitrogen functional groups attached to an aromatic ring is 1. The quantitative estimate of drug-likeness (QED) is 0.798. The van der Waals surface area contributed by atoms with E-state index in [0.717, 1.165) is 43.0 Å². The van der Waals surface area contributed by atoms with Gasteiger partial charge in [-0.3, -0.25) is 4.90 Å². The Bertz CT molecular complexity index is 838. The first-order valence-corrected chi connectivity index (χ1v) is 8.46. The summed E-state index contributed by atoms with van der Waals surface area (Å²) in [5, 5.41) is 8.28. The summed E-state index contributed by atoms with van der Waals surface area (Å²) in [5.41, 5.74) is 8.93. The first kappa shape index (κ1) is 15.1. The van der Waals surface area contributed by atoms with Crippen molar-refractivity contribution in [2.24, 2.45) is 7.05 Å². The monoisotopic (exact) mass is 322 g/mol. The minimum atomic E-state index is 0.341. The molecule has 0 amide bonds. The van der Waals surface area contributed by atoms with Crippen molar-refractivity contribution in [1.82, 2.24) is 24.6 Å². The number of benzene rings is 1. The number of rotatable bonds is 4. The first-order valence-electron chi connectivity index (χ1n) is 8.46. The predicted molar refractivity (Wildman–Crippen MR) is 94.4 cm³/mol. The number of aromatic nitrogens is 4. The molecule has 6 nitrogen and oxygen atoms in total. The highest BCUT2D eigenvalue weighted by Gasteiger charge is 2.27. The van der Waals surface area contributed by atoms with Gasteiger partial charge in [-0.05, 0) is 43.7 Å². The van der Waals surface area contributed by atoms with Crippen LogP contribution in [0.1, 0.15) is 30.4 Å². The Balaban J connectivity index is 1.49. The van der Waals surface area contributed by atoms with Crippen LogP contribution in [0.3, 0.4) is 0 Å². The van der Waals surface area contributed by atoms with Crippen LogP contribution in [0.5, 0.6) is 0 Å². The fourth-order valence-corrected chi connectivity index (χ4v) is 3.62. The molecule has 1 aliphatic heterocycles. The summed E-state index contributed by atoms with van der Waals surface area (Å²) in [6.07, 6.45) is 3.25. The molecule has 0 saturated carbocycles. The molecule has 1 unspecified atom stereocenters. The van der Waals surface area contributed by atoms with Gasteiger partial charge in [0.1, 0.15) is 11.6 Å². The second kappa shape index (κ2) is 6.20. The SMILES string of the molecule is Cn1c(CCN2CCCC2c2ccc(N)nn2)nc2ccccc21. The molecule has 2 aromatic heterocycles. The summed E-state index contributed by atoms with van der Waals surface area (Å²) in [5.74, 6) is 1.60. The van der Waals surface area contributed by atoms with E-state index in [1.54, 1.807) is 0 Å². The smallest absolute Gasteiger partial charge is 0.146 e. The van der Waals surface area contributed by atoms with Crippen molar-refractivity contribution in [3.8, 4) is 0 Å². The predicted octanol–water partition coefficient (Wildman–Crippen LogP) is 2.33. The molecule has 0 bridgehead atoms. The highest BCUT2D eigenvalue weighted by Crippen LogP contribution is 2.30. The fourth-order valence-electron chi connectivity index (χ4n) is 3.62. The Labute approximate surface area is 141 Å². The lowest BCUT2D eigenvalue weighted by Gasteiger charge is -2.23. The number of aryl methyl sites for hydroxylation is 1. The number of hydrogen-bond acceptors (Lipinski definition) is 5. The van der Waals surface area contributed by atoms with E-state index in [9.17, 15) is 0 Å². The van der Waals surface area contributed by atoms with Crippen molar-refractivity contribution in [3.05, 3.63) is 47.9 Å². The topological polar surface area (TPSA) is 72.9 Å². The van der Waals surface area contributed by atoms with E-state index in [0.29, 0.717) is 11.9 Å². The van der Waals surface area contributed by atoms with Crippen LogP contribution < -0.4 is 5.73 Å². The van der Waals surface area contributed by atoms with Crippen molar-refractivity contribution < 1.29 is 0 Å². The van der Waals surface area contributed by atoms with Gasteiger partial charge in [-0.15, -0.1) is 5.10 Å². The molecule has 6 heteroatoms. The van der Waals surface area contributed by atoms with Crippen molar-refractivity contribution in [1.29, 1.82) is 0 Å². The minimum absolute atomic E-state index is 0.341. The Morgan fingerprint density at radius 1 is 1.17 bits per heavy atom. The van der Waals surface area contributed by atoms with Gasteiger partial charge >= 0.3 is 0 Å². The Hall–Kier alpha value is -2.47. The van der Waals surface area contributed by atoms with E-state index < -0.39 is 0 Å². The molecular weight excluding hydrogens is 300 g/mol. The molecule has 0 spiro atoms. The lowest BCUT2D eigenvalue weighted by molar-refractivity contribution is 0.253. The minimum Gasteiger partial charge on any atom is -0.382 e. The largest absolute Gasteiger partial charge is 0.382 e. The third-order valence-electron chi connectivity index (χ3n) is 4.91. The van der Waals surface area contributed by atoms with Gasteiger partial charge in [0.15, 0.2) is 0 Å². The third kappa shape index (κ3) is 2.73. The van der Waals surface area contributed by atoms with Crippen molar-refractivity contribution >= 4 is 16.9 Å². The van der Waals surface area contributed by atoms with Crippen molar-refractivity contribution in [2.45, 2.75) is 25.3 Å². The van der Waals surface area contributed by atoms with Crippen molar-refractivity contribution in [2.75, 3.05) is 18.8 Å². The van der Waals surface area contributed by atoms with E-state index in [2.05, 4.69) is 44.9 Å². The van der Waals surface area contributed by atoms with Gasteiger partial charge in [-0.2, -0.15) is 5.10 Å². The molecule has 1 atom stereocenters. The second-order valence-electron chi connectivity index (χ2n) is 6.40. The van der Waals surface area contributed by atoms with Gasteiger partial charge in [0.25, 0.3) is 0 Å². The Morgan fingerprint density at radius 2 is 2.04 bits per heavy atom. The highest BCUT2D eigenvalue weighted by molar-refractivity contribution is 5.75. The average molecular weight is 322 g/mol. The maximum Gasteiger partial charge on any atom is 0.146 e. The standard InChI is InChI=1S/C18H22N6/c1-23-15-6-3-2-5-13(15)20-18(23)10-12-24-11-4-7-16(24)14-8-9-17(19)22-21-14/h2-3,5-6,8-9,16H,4,7,10-12H2,1H3,(H2,19,22). The van der Waals surface area contributed by atoms with Crippen LogP contribution in [0.15, 0.2) is 36.4 Å². The van der Waals surface area contributed by atoms with Crippen LogP contribution in [0.4, 0.5) is 5.82 Å². The van der Waals surface area contributed by atoms with E-state index in [1.165, 1.54) is 11.9 Å². The number of anilines is 1. The van der Waals surface area contributed by atoms with Crippen LogP contribution >= 0.6 is 0 Å². The lowest BCUT2D eigenvalue weighted by atomic mass is 10.1. The highest BCUT2D eigenvalue weighted by atomic mass is 15.2. The number of imidazole rings is 1. The van der Waals surface area contributed by atoms with Crippen LogP contribution in [0.2, 0.25) is 0 Å². The molecule has 3 heterocycles. The van der Waals surface area contributed by atoms with Crippen LogP contribution in [-0.2, 0) is 13.5 Å². The molecule has 124 valence electrons. The molecular formula is C18H22N6. The van der Waals surface area contributed by atoms with Gasteiger partial charge in [-0.1, -0.05) is 12.1 Å². The maximum absolute atomic E-state index is 5.65. The van der Waals surface area contributed by atoms with E-state index >= 15 is 0 Å². The first-order chi connectivity index (χ1) is 11.7. The number of nitrogens with zero attached hydrogens (tertiary/aromatic N) is 5. The number of nitrogens with two attached hydrogens (primary N) is 1. The summed E-state index contributed by atoms with van der Waals surface area (Å²) in [6, 6.07) is 12.5. The van der Waals surface area contributed by atoms with E-state index in [1.807, 2.05) is 18.2 Å². The molecule has 0 radical (unpaired) electrons. The molecule has 1 saturated heterocycles. The van der Waals surface area contributed by atoms with Gasteiger partial charge in [-0.25, -0.2) is 4.98 Å².